The van der Waals surface area contributed by atoms with E-state index in [1.165, 1.54) is 0 Å². The Morgan fingerprint density at radius 1 is 1.15 bits per heavy atom. The molecular formula is C9H12N2O2. The van der Waals surface area contributed by atoms with Gasteiger partial charge in [0.05, 0.1) is 0 Å². The molecule has 1 aliphatic carbocycles. The number of hydrogen-bond donors (Lipinski definition) is 2. The topological polar surface area (TPSA) is 65.7 Å². The van der Waals surface area contributed by atoms with Gasteiger partial charge in [0.15, 0.2) is 0 Å². The molecule has 2 N–H and O–H groups in total. The Morgan fingerprint density at radius 2 is 1.77 bits per heavy atom. The Morgan fingerprint density at radius 3 is 2.46 bits per heavy atom. The molecule has 1 aromatic rings. The lowest BCUT2D eigenvalue weighted by Crippen LogP contribution is -2.31. The van der Waals surface area contributed by atoms with Crippen LogP contribution in [0.25, 0.3) is 0 Å². The van der Waals surface area contributed by atoms with Crippen molar-refractivity contribution in [1.82, 2.24) is 10.2 Å². The maximum absolute atomic E-state index is 11.3. The van der Waals surface area contributed by atoms with Gasteiger partial charge in [-0.3, -0.25) is 19.8 Å². The summed E-state index contributed by atoms with van der Waals surface area (Å²) in [5.74, 6) is 0.510. The van der Waals surface area contributed by atoms with Gasteiger partial charge in [-0.25, -0.2) is 0 Å². The van der Waals surface area contributed by atoms with Gasteiger partial charge in [-0.1, -0.05) is 6.92 Å². The molecule has 13 heavy (non-hydrogen) atoms. The molecule has 0 amide bonds. The second-order valence-electron chi connectivity index (χ2n) is 3.71. The van der Waals surface area contributed by atoms with Gasteiger partial charge in [0.1, 0.15) is 0 Å². The summed E-state index contributed by atoms with van der Waals surface area (Å²) in [5, 5.41) is 4.70. The van der Waals surface area contributed by atoms with Crippen molar-refractivity contribution in [3.63, 3.8) is 0 Å². The zero-order chi connectivity index (χ0) is 9.42. The zero-order valence-electron chi connectivity index (χ0n) is 7.52. The van der Waals surface area contributed by atoms with Crippen LogP contribution in [0.3, 0.4) is 0 Å². The van der Waals surface area contributed by atoms with Crippen LogP contribution in [0, 0.1) is 5.92 Å². The fourth-order valence-corrected chi connectivity index (χ4v) is 1.86. The number of aromatic nitrogens is 2. The van der Waals surface area contributed by atoms with Crippen LogP contribution in [0.15, 0.2) is 9.59 Å². The number of fused-ring (bicyclic) bond motifs is 1. The SMILES string of the molecule is CC1CCc2c(c(=O)[nH][nH]c2=O)C1. The molecular weight excluding hydrogens is 168 g/mol. The first-order chi connectivity index (χ1) is 6.18. The highest BCUT2D eigenvalue weighted by Crippen LogP contribution is 2.19. The summed E-state index contributed by atoms with van der Waals surface area (Å²) in [6, 6.07) is 0. The highest BCUT2D eigenvalue weighted by molar-refractivity contribution is 5.24. The minimum atomic E-state index is -0.138. The van der Waals surface area contributed by atoms with E-state index in [4.69, 9.17) is 0 Å². The van der Waals surface area contributed by atoms with Gasteiger partial charge in [-0.05, 0) is 25.2 Å². The van der Waals surface area contributed by atoms with Crippen molar-refractivity contribution < 1.29 is 0 Å². The van der Waals surface area contributed by atoms with E-state index in [0.29, 0.717) is 17.0 Å². The van der Waals surface area contributed by atoms with Crippen LogP contribution in [-0.4, -0.2) is 10.2 Å². The summed E-state index contributed by atoms with van der Waals surface area (Å²) >= 11 is 0. The molecule has 1 heterocycles. The zero-order valence-corrected chi connectivity index (χ0v) is 7.52. The largest absolute Gasteiger partial charge is 0.268 e. The lowest BCUT2D eigenvalue weighted by molar-refractivity contribution is 0.492. The second kappa shape index (κ2) is 2.87. The van der Waals surface area contributed by atoms with Crippen LogP contribution >= 0.6 is 0 Å². The Labute approximate surface area is 75.0 Å². The van der Waals surface area contributed by atoms with Crippen molar-refractivity contribution in [1.29, 1.82) is 0 Å². The van der Waals surface area contributed by atoms with E-state index in [-0.39, 0.29) is 11.1 Å². The molecule has 70 valence electrons. The van der Waals surface area contributed by atoms with Crippen LogP contribution in [-0.2, 0) is 12.8 Å². The number of nitrogens with one attached hydrogen (secondary N) is 2. The Kier molecular flexibility index (Phi) is 1.83. The monoisotopic (exact) mass is 180 g/mol. The van der Waals surface area contributed by atoms with Crippen molar-refractivity contribution >= 4 is 0 Å². The minimum Gasteiger partial charge on any atom is -0.268 e. The normalized spacial score (nSPS) is 21.2. The predicted octanol–water partition coefficient (Wildman–Crippen LogP) is 0.188. The molecule has 0 saturated carbocycles. The molecule has 1 unspecified atom stereocenters. The summed E-state index contributed by atoms with van der Waals surface area (Å²) in [7, 11) is 0. The third-order valence-electron chi connectivity index (χ3n) is 2.64. The van der Waals surface area contributed by atoms with Gasteiger partial charge in [0.2, 0.25) is 0 Å². The number of hydrogen-bond acceptors (Lipinski definition) is 2. The van der Waals surface area contributed by atoms with E-state index in [2.05, 4.69) is 17.1 Å². The average molecular weight is 180 g/mol. The Bertz CT molecular complexity index is 430. The van der Waals surface area contributed by atoms with Gasteiger partial charge in [0.25, 0.3) is 11.1 Å². The fraction of sp³-hybridized carbons (Fsp3) is 0.556. The lowest BCUT2D eigenvalue weighted by atomic mass is 9.86. The molecule has 1 aromatic heterocycles. The molecule has 0 aliphatic heterocycles. The van der Waals surface area contributed by atoms with E-state index in [0.717, 1.165) is 19.3 Å². The first kappa shape index (κ1) is 8.29. The third kappa shape index (κ3) is 1.32. The van der Waals surface area contributed by atoms with Gasteiger partial charge in [-0.15, -0.1) is 0 Å². The van der Waals surface area contributed by atoms with E-state index in [9.17, 15) is 9.59 Å². The summed E-state index contributed by atoms with van der Waals surface area (Å²) in [6.07, 6.45) is 2.46. The molecule has 1 aliphatic rings. The fourth-order valence-electron chi connectivity index (χ4n) is 1.86. The van der Waals surface area contributed by atoms with Gasteiger partial charge < -0.3 is 0 Å². The minimum absolute atomic E-state index is 0.137. The number of H-pyrrole nitrogens is 2. The molecule has 2 rings (SSSR count). The van der Waals surface area contributed by atoms with Crippen LogP contribution in [0.1, 0.15) is 24.5 Å². The maximum atomic E-state index is 11.3. The van der Waals surface area contributed by atoms with Crippen LogP contribution in [0.5, 0.6) is 0 Å². The van der Waals surface area contributed by atoms with Gasteiger partial charge >= 0.3 is 0 Å². The number of aromatic amines is 2. The van der Waals surface area contributed by atoms with E-state index < -0.39 is 0 Å². The molecule has 0 radical (unpaired) electrons. The van der Waals surface area contributed by atoms with Crippen molar-refractivity contribution in [2.75, 3.05) is 0 Å². The highest BCUT2D eigenvalue weighted by Gasteiger charge is 2.20. The molecule has 4 heteroatoms. The molecule has 0 aromatic carbocycles. The van der Waals surface area contributed by atoms with E-state index in [1.54, 1.807) is 0 Å². The summed E-state index contributed by atoms with van der Waals surface area (Å²) in [5.41, 5.74) is 1.09. The molecule has 0 saturated heterocycles. The highest BCUT2D eigenvalue weighted by atomic mass is 16.1. The quantitative estimate of drug-likeness (QED) is 0.598. The molecule has 1 atom stereocenters. The molecule has 0 spiro atoms. The van der Waals surface area contributed by atoms with Crippen molar-refractivity contribution in [3.8, 4) is 0 Å². The van der Waals surface area contributed by atoms with Crippen molar-refractivity contribution in [3.05, 3.63) is 31.8 Å². The van der Waals surface area contributed by atoms with Gasteiger partial charge in [0, 0.05) is 11.1 Å². The summed E-state index contributed by atoms with van der Waals surface area (Å²) in [6.45, 7) is 2.10. The second-order valence-corrected chi connectivity index (χ2v) is 3.71. The van der Waals surface area contributed by atoms with Crippen LogP contribution in [0.2, 0.25) is 0 Å². The first-order valence-corrected chi connectivity index (χ1v) is 4.51. The Balaban J connectivity index is 2.64. The lowest BCUT2D eigenvalue weighted by Gasteiger charge is -2.18. The standard InChI is InChI=1S/C9H12N2O2/c1-5-2-3-6-7(4-5)9(13)11-10-8(6)12/h5H,2-4H2,1H3,(H,10,12)(H,11,13). The number of rotatable bonds is 0. The molecule has 0 fully saturated rings. The van der Waals surface area contributed by atoms with Crippen molar-refractivity contribution in [2.24, 2.45) is 5.92 Å². The van der Waals surface area contributed by atoms with Gasteiger partial charge in [-0.2, -0.15) is 0 Å². The predicted molar refractivity (Wildman–Crippen MR) is 48.9 cm³/mol. The average Bonchev–Trinajstić information content (AvgIpc) is 2.12. The van der Waals surface area contributed by atoms with Crippen LogP contribution < -0.4 is 11.1 Å². The maximum Gasteiger partial charge on any atom is 0.266 e. The van der Waals surface area contributed by atoms with E-state index in [1.807, 2.05) is 0 Å². The molecule has 0 bridgehead atoms. The smallest absolute Gasteiger partial charge is 0.266 e. The third-order valence-corrected chi connectivity index (χ3v) is 2.64. The summed E-state index contributed by atoms with van der Waals surface area (Å²) in [4.78, 5) is 22.6. The molecule has 4 nitrogen and oxygen atoms in total. The van der Waals surface area contributed by atoms with Crippen LogP contribution in [0.4, 0.5) is 0 Å². The van der Waals surface area contributed by atoms with Crippen molar-refractivity contribution in [2.45, 2.75) is 26.2 Å². The Hall–Kier alpha value is -1.32. The summed E-state index contributed by atoms with van der Waals surface area (Å²) < 4.78 is 0. The van der Waals surface area contributed by atoms with E-state index >= 15 is 0 Å². The first-order valence-electron chi connectivity index (χ1n) is 4.51.